The molecule has 0 unspecified atom stereocenters. The van der Waals surface area contributed by atoms with Gasteiger partial charge in [0.25, 0.3) is 0 Å². The summed E-state index contributed by atoms with van der Waals surface area (Å²) in [6.07, 6.45) is 2.45. The van der Waals surface area contributed by atoms with Crippen LogP contribution in [0.3, 0.4) is 0 Å². The lowest BCUT2D eigenvalue weighted by molar-refractivity contribution is 0.123. The molecule has 0 aliphatic heterocycles. The van der Waals surface area contributed by atoms with E-state index in [0.717, 1.165) is 18.2 Å². The maximum atomic E-state index is 5.40. The van der Waals surface area contributed by atoms with E-state index in [9.17, 15) is 0 Å². The maximum absolute atomic E-state index is 5.40. The molecule has 0 amide bonds. The zero-order chi connectivity index (χ0) is 14.8. The van der Waals surface area contributed by atoms with Gasteiger partial charge in [-0.05, 0) is 12.8 Å². The van der Waals surface area contributed by atoms with Gasteiger partial charge in [-0.15, -0.1) is 0 Å². The van der Waals surface area contributed by atoms with Crippen LogP contribution in [0.15, 0.2) is 0 Å². The van der Waals surface area contributed by atoms with Crippen molar-refractivity contribution in [3.8, 4) is 0 Å². The van der Waals surface area contributed by atoms with Crippen molar-refractivity contribution in [1.29, 1.82) is 0 Å². The Kier molecular flexibility index (Phi) is 11.3. The summed E-state index contributed by atoms with van der Waals surface area (Å²) >= 11 is 0. The Morgan fingerprint density at radius 3 is 1.53 bits per heavy atom. The molecule has 7 heteroatoms. The topological polar surface area (TPSA) is 27.7 Å². The van der Waals surface area contributed by atoms with Crippen LogP contribution in [-0.4, -0.2) is 49.7 Å². The number of hydrogen-bond acceptors (Lipinski definition) is 5. The standard InChI is InChI=1S/C12H30O3S2Si2/c1-13-19(14-2,15-3)12-8-10-17-16-9-7-11-18(4,5)6/h7-12H2,1-6H3. The highest BCUT2D eigenvalue weighted by Gasteiger charge is 2.36. The smallest absolute Gasteiger partial charge is 0.377 e. The predicted octanol–water partition coefficient (Wildman–Crippen LogP) is 4.36. The zero-order valence-electron chi connectivity index (χ0n) is 13.3. The van der Waals surface area contributed by atoms with Crippen molar-refractivity contribution in [1.82, 2.24) is 0 Å². The van der Waals surface area contributed by atoms with E-state index in [2.05, 4.69) is 19.6 Å². The molecule has 0 N–H and O–H groups in total. The van der Waals surface area contributed by atoms with E-state index in [1.54, 1.807) is 21.3 Å². The first-order chi connectivity index (χ1) is 8.89. The molecular weight excluding hydrogens is 312 g/mol. The van der Waals surface area contributed by atoms with Crippen LogP contribution in [0.1, 0.15) is 12.8 Å². The Balaban J connectivity index is 3.50. The van der Waals surface area contributed by atoms with Crippen molar-refractivity contribution < 1.29 is 13.3 Å². The molecule has 0 spiro atoms. The first-order valence-electron chi connectivity index (χ1n) is 6.79. The summed E-state index contributed by atoms with van der Waals surface area (Å²) in [6, 6.07) is 2.34. The Hall–Kier alpha value is 1.01. The molecule has 0 saturated carbocycles. The van der Waals surface area contributed by atoms with Crippen LogP contribution in [0, 0.1) is 0 Å². The first kappa shape index (κ1) is 20.0. The maximum Gasteiger partial charge on any atom is 0.500 e. The molecule has 0 fully saturated rings. The van der Waals surface area contributed by atoms with Gasteiger partial charge in [0, 0.05) is 47.0 Å². The fourth-order valence-corrected chi connectivity index (χ4v) is 7.33. The minimum atomic E-state index is -2.33. The van der Waals surface area contributed by atoms with Gasteiger partial charge in [-0.1, -0.05) is 47.3 Å². The van der Waals surface area contributed by atoms with Gasteiger partial charge in [0.05, 0.1) is 0 Å². The highest BCUT2D eigenvalue weighted by Crippen LogP contribution is 2.26. The molecule has 3 nitrogen and oxygen atoms in total. The fraction of sp³-hybridized carbons (Fsp3) is 1.00. The quantitative estimate of drug-likeness (QED) is 0.298. The van der Waals surface area contributed by atoms with Gasteiger partial charge < -0.3 is 13.3 Å². The van der Waals surface area contributed by atoms with Crippen LogP contribution in [0.25, 0.3) is 0 Å². The molecule has 0 aromatic rings. The molecule has 0 atom stereocenters. The highest BCUT2D eigenvalue weighted by molar-refractivity contribution is 8.76. The van der Waals surface area contributed by atoms with E-state index in [0.29, 0.717) is 0 Å². The van der Waals surface area contributed by atoms with Gasteiger partial charge in [-0.25, -0.2) is 0 Å². The zero-order valence-corrected chi connectivity index (χ0v) is 16.9. The summed E-state index contributed by atoms with van der Waals surface area (Å²) in [5.74, 6) is 2.42. The molecule has 0 radical (unpaired) electrons. The van der Waals surface area contributed by atoms with Crippen molar-refractivity contribution in [2.75, 3.05) is 32.8 Å². The minimum Gasteiger partial charge on any atom is -0.377 e. The summed E-state index contributed by atoms with van der Waals surface area (Å²) in [7, 11) is 5.82. The molecule has 0 saturated heterocycles. The van der Waals surface area contributed by atoms with Crippen molar-refractivity contribution >= 4 is 38.5 Å². The van der Waals surface area contributed by atoms with Crippen LogP contribution in [0.2, 0.25) is 31.7 Å². The van der Waals surface area contributed by atoms with Crippen LogP contribution in [0.4, 0.5) is 0 Å². The van der Waals surface area contributed by atoms with E-state index < -0.39 is 16.9 Å². The monoisotopic (exact) mass is 342 g/mol. The lowest BCUT2D eigenvalue weighted by Crippen LogP contribution is -2.42. The molecule has 0 bridgehead atoms. The van der Waals surface area contributed by atoms with Crippen molar-refractivity contribution in [3.63, 3.8) is 0 Å². The average molecular weight is 343 g/mol. The molecule has 0 rings (SSSR count). The highest BCUT2D eigenvalue weighted by atomic mass is 33.1. The molecule has 0 aromatic heterocycles. The van der Waals surface area contributed by atoms with Crippen LogP contribution < -0.4 is 0 Å². The second kappa shape index (κ2) is 10.7. The first-order valence-corrected chi connectivity index (χ1v) is 14.9. The Bertz CT molecular complexity index is 213. The summed E-state index contributed by atoms with van der Waals surface area (Å²) in [5, 5.41) is 0. The second-order valence-corrected chi connectivity index (χ2v) is 17.1. The fourth-order valence-electron chi connectivity index (χ4n) is 1.68. The normalized spacial score (nSPS) is 12.9. The summed E-state index contributed by atoms with van der Waals surface area (Å²) < 4.78 is 16.2. The summed E-state index contributed by atoms with van der Waals surface area (Å²) in [4.78, 5) is 0. The predicted molar refractivity (Wildman–Crippen MR) is 93.9 cm³/mol. The minimum absolute atomic E-state index is 0.839. The van der Waals surface area contributed by atoms with Gasteiger partial charge in [0.1, 0.15) is 0 Å². The molecule has 116 valence electrons. The van der Waals surface area contributed by atoms with Gasteiger partial charge in [0.15, 0.2) is 0 Å². The third-order valence-corrected chi connectivity index (χ3v) is 10.1. The van der Waals surface area contributed by atoms with E-state index in [1.165, 1.54) is 18.2 Å². The van der Waals surface area contributed by atoms with Crippen LogP contribution >= 0.6 is 21.6 Å². The van der Waals surface area contributed by atoms with E-state index in [-0.39, 0.29) is 0 Å². The van der Waals surface area contributed by atoms with Crippen molar-refractivity contribution in [2.24, 2.45) is 0 Å². The molecular formula is C12H30O3S2Si2. The molecule has 0 aromatic carbocycles. The van der Waals surface area contributed by atoms with Crippen molar-refractivity contribution in [3.05, 3.63) is 0 Å². The molecule has 0 aliphatic rings. The lowest BCUT2D eigenvalue weighted by Gasteiger charge is -2.24. The molecule has 0 aliphatic carbocycles. The summed E-state index contributed by atoms with van der Waals surface area (Å²) in [5.41, 5.74) is 0. The van der Waals surface area contributed by atoms with E-state index >= 15 is 0 Å². The van der Waals surface area contributed by atoms with E-state index in [4.69, 9.17) is 13.3 Å². The molecule has 19 heavy (non-hydrogen) atoms. The lowest BCUT2D eigenvalue weighted by atomic mass is 10.6. The third kappa shape index (κ3) is 10.4. The van der Waals surface area contributed by atoms with Crippen LogP contribution in [-0.2, 0) is 13.3 Å². The van der Waals surface area contributed by atoms with Gasteiger partial charge in [-0.2, -0.15) is 0 Å². The third-order valence-electron chi connectivity index (χ3n) is 2.88. The van der Waals surface area contributed by atoms with Crippen molar-refractivity contribution in [2.45, 2.75) is 44.6 Å². The van der Waals surface area contributed by atoms with Crippen LogP contribution in [0.5, 0.6) is 0 Å². The Labute approximate surface area is 129 Å². The average Bonchev–Trinajstić information content (AvgIpc) is 2.37. The van der Waals surface area contributed by atoms with Gasteiger partial charge in [0.2, 0.25) is 0 Å². The second-order valence-electron chi connectivity index (χ2n) is 5.71. The Morgan fingerprint density at radius 1 is 0.737 bits per heavy atom. The number of hydrogen-bond donors (Lipinski definition) is 0. The largest absolute Gasteiger partial charge is 0.500 e. The van der Waals surface area contributed by atoms with Gasteiger partial charge in [-0.3, -0.25) is 0 Å². The van der Waals surface area contributed by atoms with Gasteiger partial charge >= 0.3 is 8.80 Å². The van der Waals surface area contributed by atoms with E-state index in [1.807, 2.05) is 21.6 Å². The summed E-state index contributed by atoms with van der Waals surface area (Å²) in [6.45, 7) is 7.32. The molecule has 0 heterocycles. The SMILES string of the molecule is CO[Si](CCCSSCCC[Si](C)(C)C)(OC)OC. The Morgan fingerprint density at radius 2 is 1.16 bits per heavy atom. The number of rotatable bonds is 12.